The van der Waals surface area contributed by atoms with Crippen molar-refractivity contribution in [1.82, 2.24) is 0 Å². The fourth-order valence-corrected chi connectivity index (χ4v) is 14.9. The molecule has 3 heteroatoms. The first kappa shape index (κ1) is 56.3. The van der Waals surface area contributed by atoms with Crippen LogP contribution in [0.4, 0.5) is 51.2 Å². The summed E-state index contributed by atoms with van der Waals surface area (Å²) in [5.74, 6) is 0. The van der Waals surface area contributed by atoms with Gasteiger partial charge in [-0.3, -0.25) is 0 Å². The van der Waals surface area contributed by atoms with Crippen LogP contribution in [0.3, 0.4) is 0 Å². The Hall–Kier alpha value is -7.62. The molecule has 0 aliphatic heterocycles. The molecule has 2 fully saturated rings. The van der Waals surface area contributed by atoms with Crippen molar-refractivity contribution in [1.29, 1.82) is 0 Å². The normalized spacial score (nSPS) is 16.4. The third-order valence-electron chi connectivity index (χ3n) is 20.3. The van der Waals surface area contributed by atoms with Crippen molar-refractivity contribution in [3.8, 4) is 0 Å². The van der Waals surface area contributed by atoms with Gasteiger partial charge >= 0.3 is 0 Å². The monoisotopic (exact) mass is 1080 g/mol. The molecule has 82 heavy (non-hydrogen) atoms. The highest BCUT2D eigenvalue weighted by Gasteiger charge is 2.51. The van der Waals surface area contributed by atoms with E-state index < -0.39 is 0 Å². The minimum Gasteiger partial charge on any atom is -0.311 e. The minimum atomic E-state index is -0.0838. The van der Waals surface area contributed by atoms with Gasteiger partial charge in [0.1, 0.15) is 0 Å². The zero-order valence-corrected chi connectivity index (χ0v) is 50.6. The number of anilines is 9. The predicted octanol–water partition coefficient (Wildman–Crippen LogP) is 22.8. The van der Waals surface area contributed by atoms with Gasteiger partial charge in [-0.1, -0.05) is 203 Å². The molecule has 11 rings (SSSR count). The average Bonchev–Trinajstić information content (AvgIpc) is 1.84. The van der Waals surface area contributed by atoms with Crippen LogP contribution in [-0.4, -0.2) is 0 Å². The molecule has 2 aliphatic rings. The van der Waals surface area contributed by atoms with E-state index in [1.807, 2.05) is 0 Å². The molecule has 0 radical (unpaired) electrons. The molecule has 0 saturated heterocycles. The number of rotatable bonds is 17. The quantitative estimate of drug-likeness (QED) is 0.0900. The van der Waals surface area contributed by atoms with Crippen LogP contribution in [0.5, 0.6) is 0 Å². The van der Waals surface area contributed by atoms with Gasteiger partial charge in [0.05, 0.1) is 0 Å². The second-order valence-electron chi connectivity index (χ2n) is 25.0. The van der Waals surface area contributed by atoms with Gasteiger partial charge in [0.25, 0.3) is 0 Å². The third-order valence-corrected chi connectivity index (χ3v) is 20.3. The van der Waals surface area contributed by atoms with Crippen LogP contribution in [0.2, 0.25) is 0 Å². The molecule has 2 atom stereocenters. The van der Waals surface area contributed by atoms with Crippen LogP contribution < -0.4 is 14.7 Å². The van der Waals surface area contributed by atoms with Gasteiger partial charge in [0.15, 0.2) is 0 Å². The van der Waals surface area contributed by atoms with Crippen molar-refractivity contribution in [3.63, 3.8) is 0 Å². The third kappa shape index (κ3) is 10.6. The molecule has 2 unspecified atom stereocenters. The summed E-state index contributed by atoms with van der Waals surface area (Å²) in [5, 5.41) is 0. The molecule has 0 amide bonds. The van der Waals surface area contributed by atoms with Gasteiger partial charge in [-0.15, -0.1) is 0 Å². The largest absolute Gasteiger partial charge is 0.311 e. The van der Waals surface area contributed by atoms with Crippen molar-refractivity contribution in [3.05, 3.63) is 268 Å². The van der Waals surface area contributed by atoms with E-state index in [9.17, 15) is 0 Å². The van der Waals surface area contributed by atoms with Gasteiger partial charge in [0.2, 0.25) is 0 Å². The van der Waals surface area contributed by atoms with E-state index in [1.54, 1.807) is 0 Å². The fourth-order valence-electron chi connectivity index (χ4n) is 14.9. The smallest absolute Gasteiger partial charge is 0.0461 e. The predicted molar refractivity (Wildman–Crippen MR) is 352 cm³/mol. The standard InChI is InChI=1S/C79H87N3/c1-10-76(8,63-28-46-72(47-29-63)80(67-36-18-58(3)19-37-67)68-38-20-59(4)21-39-68)79(56-16-13-17-57-79)66-34-52-75(53-35-66)82(71-44-26-62(7)27-45-71)73-48-30-64(31-49-73)77(9,11-2)78(54-14-12-15-55-78)65-32-50-74(51-33-65)81(69-40-22-60(5)23-41-69)70-42-24-61(6)25-43-70/h18-53H,10-17,54-57H2,1-9H3. The van der Waals surface area contributed by atoms with Gasteiger partial charge < -0.3 is 14.7 Å². The van der Waals surface area contributed by atoms with Gasteiger partial charge in [0, 0.05) is 72.8 Å². The first-order valence-electron chi connectivity index (χ1n) is 30.9. The zero-order chi connectivity index (χ0) is 57.1. The Morgan fingerprint density at radius 1 is 0.268 bits per heavy atom. The Labute approximate surface area is 492 Å². The summed E-state index contributed by atoms with van der Waals surface area (Å²) in [6, 6.07) is 83.9. The summed E-state index contributed by atoms with van der Waals surface area (Å²) >= 11 is 0. The Balaban J connectivity index is 0.918. The topological polar surface area (TPSA) is 9.72 Å². The number of aryl methyl sites for hydroxylation is 5. The van der Waals surface area contributed by atoms with E-state index >= 15 is 0 Å². The Morgan fingerprint density at radius 3 is 0.646 bits per heavy atom. The van der Waals surface area contributed by atoms with Gasteiger partial charge in [-0.05, 0) is 205 Å². The summed E-state index contributed by atoms with van der Waals surface area (Å²) in [6.45, 7) is 20.8. The van der Waals surface area contributed by atoms with E-state index in [2.05, 4.69) is 295 Å². The fraction of sp³-hybridized carbons (Fsp3) is 0.316. The number of hydrogen-bond acceptors (Lipinski definition) is 3. The van der Waals surface area contributed by atoms with Crippen molar-refractivity contribution in [2.45, 2.75) is 161 Å². The molecule has 0 spiro atoms. The van der Waals surface area contributed by atoms with Crippen LogP contribution in [0, 0.1) is 34.6 Å². The highest BCUT2D eigenvalue weighted by molar-refractivity contribution is 5.80. The Kier molecular flexibility index (Phi) is 16.3. The van der Waals surface area contributed by atoms with Crippen LogP contribution >= 0.6 is 0 Å². The number of nitrogens with zero attached hydrogens (tertiary/aromatic N) is 3. The van der Waals surface area contributed by atoms with Crippen LogP contribution in [0.1, 0.15) is 155 Å². The molecule has 2 aliphatic carbocycles. The SMILES string of the molecule is CCC(C)(c1ccc(N(c2ccc(C)cc2)c2ccc(C3(C(C)(CC)c4ccc(N(c5ccc(C)cc5)c5ccc(C)cc5)cc4)CCCCC3)cc2)cc1)C1(c2ccc(N(c3ccc(C)cc3)c3ccc(C)cc3)cc2)CCCCC1. The summed E-state index contributed by atoms with van der Waals surface area (Å²) in [5.41, 5.74) is 22.5. The summed E-state index contributed by atoms with van der Waals surface area (Å²) < 4.78 is 0. The molecule has 0 N–H and O–H groups in total. The molecule has 0 aromatic heterocycles. The van der Waals surface area contributed by atoms with Crippen molar-refractivity contribution < 1.29 is 0 Å². The molecular formula is C79H87N3. The second-order valence-corrected chi connectivity index (χ2v) is 25.0. The lowest BCUT2D eigenvalue weighted by Crippen LogP contribution is -2.48. The lowest BCUT2D eigenvalue weighted by Gasteiger charge is -2.52. The van der Waals surface area contributed by atoms with Crippen molar-refractivity contribution in [2.75, 3.05) is 14.7 Å². The van der Waals surface area contributed by atoms with Crippen LogP contribution in [0.15, 0.2) is 218 Å². The molecular weight excluding hydrogens is 991 g/mol. The number of benzene rings is 9. The summed E-state index contributed by atoms with van der Waals surface area (Å²) in [7, 11) is 0. The highest BCUT2D eigenvalue weighted by Crippen LogP contribution is 2.57. The molecule has 418 valence electrons. The van der Waals surface area contributed by atoms with E-state index in [0.29, 0.717) is 0 Å². The minimum absolute atomic E-state index is 0.00161. The summed E-state index contributed by atoms with van der Waals surface area (Å²) in [6.07, 6.45) is 14.4. The van der Waals surface area contributed by atoms with E-state index in [1.165, 1.54) is 165 Å². The van der Waals surface area contributed by atoms with Gasteiger partial charge in [-0.2, -0.15) is 0 Å². The van der Waals surface area contributed by atoms with Crippen molar-refractivity contribution >= 4 is 51.2 Å². The second kappa shape index (κ2) is 23.7. The molecule has 9 aromatic rings. The lowest BCUT2D eigenvalue weighted by atomic mass is 9.51. The Morgan fingerprint density at radius 2 is 0.451 bits per heavy atom. The highest BCUT2D eigenvalue weighted by atomic mass is 15.2. The Bertz CT molecular complexity index is 3420. The van der Waals surface area contributed by atoms with E-state index in [4.69, 9.17) is 0 Å². The number of hydrogen-bond donors (Lipinski definition) is 0. The maximum Gasteiger partial charge on any atom is 0.0461 e. The molecule has 9 aromatic carbocycles. The first-order chi connectivity index (χ1) is 39.8. The van der Waals surface area contributed by atoms with Crippen molar-refractivity contribution in [2.24, 2.45) is 0 Å². The molecule has 2 saturated carbocycles. The lowest BCUT2D eigenvalue weighted by molar-refractivity contribution is 0.157. The van der Waals surface area contributed by atoms with Crippen LogP contribution in [-0.2, 0) is 21.7 Å². The summed E-state index contributed by atoms with van der Waals surface area (Å²) in [4.78, 5) is 7.29. The van der Waals surface area contributed by atoms with E-state index in [0.717, 1.165) is 12.8 Å². The maximum absolute atomic E-state index is 2.58. The molecule has 0 heterocycles. The zero-order valence-electron chi connectivity index (χ0n) is 50.6. The average molecular weight is 1080 g/mol. The maximum atomic E-state index is 2.58. The first-order valence-corrected chi connectivity index (χ1v) is 30.9. The molecule has 3 nitrogen and oxygen atoms in total. The van der Waals surface area contributed by atoms with Gasteiger partial charge in [-0.25, -0.2) is 0 Å². The van der Waals surface area contributed by atoms with E-state index in [-0.39, 0.29) is 21.7 Å². The van der Waals surface area contributed by atoms with Crippen LogP contribution in [0.25, 0.3) is 0 Å². The molecule has 0 bridgehead atoms.